The summed E-state index contributed by atoms with van der Waals surface area (Å²) in [5.41, 5.74) is -8.47. The van der Waals surface area contributed by atoms with E-state index in [-0.39, 0.29) is 21.2 Å². The second-order valence-corrected chi connectivity index (χ2v) is 17.5. The second kappa shape index (κ2) is 18.3. The maximum Gasteiger partial charge on any atom is 0.357 e. The van der Waals surface area contributed by atoms with Crippen molar-refractivity contribution < 1.29 is 73.9 Å². The zero-order valence-electron chi connectivity index (χ0n) is 27.3. The van der Waals surface area contributed by atoms with E-state index in [0.29, 0.717) is 0 Å². The highest BCUT2D eigenvalue weighted by molar-refractivity contribution is 7.22. The van der Waals surface area contributed by atoms with Gasteiger partial charge < -0.3 is 0 Å². The van der Waals surface area contributed by atoms with Crippen LogP contribution in [-0.4, -0.2) is 6.15 Å². The molecule has 6 aromatic carbocycles. The minimum atomic E-state index is -5.62. The largest absolute Gasteiger partial charge is 0.357 e. The standard InChI is InChI=1S/C24BCl8F12.C12H10I/c26-5-1(13(34)21(42)17(38)9(5)30)25(2-6(27)10(31)18(39)22(43)14(2)35,3-7(28)11(32)19(40)23(44)15(3)36)4-8(29)12(33)20(41)24(45)16(4)37;1-3-7-11(8-4-1)13-12-9-5-2-6-10-12/h;1-10H/q-1;+1. The van der Waals surface area contributed by atoms with Crippen molar-refractivity contribution in [2.45, 2.75) is 0 Å². The van der Waals surface area contributed by atoms with E-state index in [1.807, 2.05) is 0 Å². The molecule has 0 saturated carbocycles. The maximum absolute atomic E-state index is 16.0. The predicted molar refractivity (Wildman–Crippen MR) is 200 cm³/mol. The molecule has 58 heavy (non-hydrogen) atoms. The first kappa shape index (κ1) is 46.7. The molecule has 304 valence electrons. The lowest BCUT2D eigenvalue weighted by atomic mass is 9.12. The number of benzene rings is 6. The molecule has 0 amide bonds. The van der Waals surface area contributed by atoms with Crippen molar-refractivity contribution in [2.24, 2.45) is 0 Å². The fourth-order valence-electron chi connectivity index (χ4n) is 5.96. The summed E-state index contributed by atoms with van der Waals surface area (Å²) in [4.78, 5) is 0. The fraction of sp³-hybridized carbons (Fsp3) is 0. The van der Waals surface area contributed by atoms with Crippen LogP contribution in [0.2, 0.25) is 40.2 Å². The van der Waals surface area contributed by atoms with Crippen molar-refractivity contribution in [1.82, 2.24) is 0 Å². The van der Waals surface area contributed by atoms with Crippen LogP contribution in [0.3, 0.4) is 0 Å². The van der Waals surface area contributed by atoms with Gasteiger partial charge >= 0.3 is 21.2 Å². The third-order valence-electron chi connectivity index (χ3n) is 8.39. The van der Waals surface area contributed by atoms with Gasteiger partial charge in [0.25, 0.3) is 0 Å². The summed E-state index contributed by atoms with van der Waals surface area (Å²) < 4.78 is 185. The molecular formula is C36H10BCl8F12I. The highest BCUT2D eigenvalue weighted by Crippen LogP contribution is 2.39. The van der Waals surface area contributed by atoms with Gasteiger partial charge in [0.2, 0.25) is 0 Å². The van der Waals surface area contributed by atoms with Crippen molar-refractivity contribution in [2.75, 3.05) is 0 Å². The number of halogens is 21. The van der Waals surface area contributed by atoms with E-state index in [1.165, 1.54) is 7.14 Å². The van der Waals surface area contributed by atoms with E-state index in [9.17, 15) is 17.6 Å². The topological polar surface area (TPSA) is 0 Å². The zero-order valence-corrected chi connectivity index (χ0v) is 35.5. The molecule has 0 unspecified atom stereocenters. The van der Waals surface area contributed by atoms with Gasteiger partial charge in [0, 0.05) is 20.1 Å². The highest BCUT2D eigenvalue weighted by atomic mass is 127. The first-order chi connectivity index (χ1) is 27.2. The van der Waals surface area contributed by atoms with E-state index < -0.39 is 138 Å². The summed E-state index contributed by atoms with van der Waals surface area (Å²) >= 11 is 46.7. The molecule has 0 spiro atoms. The van der Waals surface area contributed by atoms with Crippen molar-refractivity contribution >= 4 is 121 Å². The third-order valence-corrected chi connectivity index (χ3v) is 14.5. The molecule has 0 aliphatic heterocycles. The first-order valence-corrected chi connectivity index (χ1v) is 20.3. The molecule has 0 bridgehead atoms. The molecule has 6 aromatic rings. The monoisotopic (exact) mass is 1090 g/mol. The molecule has 0 nitrogen and oxygen atoms in total. The molecular weight excluding hydrogens is 1080 g/mol. The minimum Gasteiger partial charge on any atom is -0.207 e. The Hall–Kier alpha value is -2.41. The van der Waals surface area contributed by atoms with Crippen molar-refractivity contribution in [3.05, 3.63) is 178 Å². The fourth-order valence-corrected chi connectivity index (χ4v) is 10.3. The van der Waals surface area contributed by atoms with Crippen LogP contribution in [0.25, 0.3) is 0 Å². The third kappa shape index (κ3) is 7.83. The van der Waals surface area contributed by atoms with Crippen molar-refractivity contribution in [1.29, 1.82) is 0 Å². The lowest BCUT2D eigenvalue weighted by molar-refractivity contribution is -0.597. The molecule has 0 atom stereocenters. The maximum atomic E-state index is 16.0. The van der Waals surface area contributed by atoms with Crippen LogP contribution in [0.4, 0.5) is 52.7 Å². The van der Waals surface area contributed by atoms with E-state index in [4.69, 9.17) is 92.8 Å². The Bertz CT molecular complexity index is 2180. The van der Waals surface area contributed by atoms with Gasteiger partial charge in [-0.05, 0) is 24.3 Å². The van der Waals surface area contributed by atoms with Crippen LogP contribution >= 0.6 is 92.8 Å². The molecule has 0 aliphatic rings. The van der Waals surface area contributed by atoms with Crippen molar-refractivity contribution in [3.8, 4) is 0 Å². The van der Waals surface area contributed by atoms with Gasteiger partial charge in [0.1, 0.15) is 29.4 Å². The van der Waals surface area contributed by atoms with Gasteiger partial charge in [-0.15, -0.1) is 21.9 Å². The van der Waals surface area contributed by atoms with Gasteiger partial charge in [0.15, 0.2) is 53.7 Å². The van der Waals surface area contributed by atoms with Crippen LogP contribution in [0.1, 0.15) is 0 Å². The zero-order chi connectivity index (χ0) is 43.3. The molecule has 0 fully saturated rings. The Labute approximate surface area is 369 Å². The molecule has 0 N–H and O–H groups in total. The van der Waals surface area contributed by atoms with E-state index >= 15 is 35.1 Å². The second-order valence-electron chi connectivity index (χ2n) is 11.5. The summed E-state index contributed by atoms with van der Waals surface area (Å²) in [5, 5.41) is -13.9. The Morgan fingerprint density at radius 3 is 0.690 bits per heavy atom. The molecule has 0 heterocycles. The van der Waals surface area contributed by atoms with Gasteiger partial charge in [-0.3, -0.25) is 0 Å². The van der Waals surface area contributed by atoms with Gasteiger partial charge in [-0.1, -0.05) is 129 Å². The molecule has 0 radical (unpaired) electrons. The average molecular weight is 1090 g/mol. The highest BCUT2D eigenvalue weighted by Gasteiger charge is 2.50. The van der Waals surface area contributed by atoms with Crippen LogP contribution in [0.5, 0.6) is 0 Å². The quantitative estimate of drug-likeness (QED) is 0.0513. The smallest absolute Gasteiger partial charge is 0.207 e. The molecule has 6 rings (SSSR count). The molecule has 0 aromatic heterocycles. The van der Waals surface area contributed by atoms with Crippen LogP contribution in [0, 0.1) is 76.9 Å². The molecule has 0 saturated heterocycles. The van der Waals surface area contributed by atoms with Crippen LogP contribution in [-0.2, 0) is 0 Å². The minimum absolute atomic E-state index is 0.0287. The first-order valence-electron chi connectivity index (χ1n) is 15.1. The predicted octanol–water partition coefficient (Wildman–Crippen LogP) is 9.78. The summed E-state index contributed by atoms with van der Waals surface area (Å²) in [7, 11) is 0. The number of rotatable bonds is 6. The van der Waals surface area contributed by atoms with Crippen molar-refractivity contribution in [3.63, 3.8) is 0 Å². The van der Waals surface area contributed by atoms with Gasteiger partial charge in [0.05, 0.1) is 20.1 Å². The summed E-state index contributed by atoms with van der Waals surface area (Å²) in [6, 6.07) is 21.4. The molecule has 22 heteroatoms. The average Bonchev–Trinajstić information content (AvgIpc) is 3.21. The lowest BCUT2D eigenvalue weighted by Gasteiger charge is -2.46. The van der Waals surface area contributed by atoms with Gasteiger partial charge in [-0.2, -0.15) is 0 Å². The van der Waals surface area contributed by atoms with E-state index in [2.05, 4.69) is 60.7 Å². The number of hydrogen-bond donors (Lipinski definition) is 0. The van der Waals surface area contributed by atoms with Crippen LogP contribution in [0.15, 0.2) is 60.7 Å². The summed E-state index contributed by atoms with van der Waals surface area (Å²) in [6.07, 6.45) is -5.62. The lowest BCUT2D eigenvalue weighted by Crippen LogP contribution is -3.61. The summed E-state index contributed by atoms with van der Waals surface area (Å²) in [6.45, 7) is 0. The van der Waals surface area contributed by atoms with E-state index in [0.717, 1.165) is 0 Å². The molecule has 0 aliphatic carbocycles. The van der Waals surface area contributed by atoms with E-state index in [1.54, 1.807) is 0 Å². The number of hydrogen-bond acceptors (Lipinski definition) is 0. The van der Waals surface area contributed by atoms with Gasteiger partial charge in [-0.25, -0.2) is 52.7 Å². The van der Waals surface area contributed by atoms with Crippen LogP contribution < -0.4 is 43.1 Å². The SMILES string of the molecule is Fc1c(F)c(Cl)c(Cl)c([B-](c2c(F)c(F)c(F)c(Cl)c2Cl)(c2c(F)c(F)c(F)c(Cl)c2Cl)c2c(F)c(F)c(F)c(Cl)c2Cl)c1F.c1ccc([I+]c2ccccc2)cc1. The Morgan fingerprint density at radius 1 is 0.276 bits per heavy atom. The Balaban J connectivity index is 0.000000414. The summed E-state index contributed by atoms with van der Waals surface area (Å²) in [5.74, 6) is -31.3. The normalized spacial score (nSPS) is 11.5. The Morgan fingerprint density at radius 2 is 0.483 bits per heavy atom. The Kier molecular flexibility index (Phi) is 14.7.